The zero-order valence-corrected chi connectivity index (χ0v) is 19.7. The lowest BCUT2D eigenvalue weighted by atomic mass is 9.76. The number of alkyl halides is 16. The Hall–Kier alpha value is -1.06. The first kappa shape index (κ1) is 37.0. The lowest BCUT2D eigenvalue weighted by Gasteiger charge is -2.41. The molecule has 0 bridgehead atoms. The van der Waals surface area contributed by atoms with E-state index in [1.807, 2.05) is 4.74 Å². The van der Waals surface area contributed by atoms with E-state index in [0.717, 1.165) is 0 Å². The fourth-order valence-electron chi connectivity index (χ4n) is 3.12. The van der Waals surface area contributed by atoms with Crippen LogP contribution >= 0.6 is 12.0 Å². The maximum absolute atomic E-state index is 14.2. The van der Waals surface area contributed by atoms with Gasteiger partial charge >= 0.3 is 46.8 Å². The maximum atomic E-state index is 14.2. The Balaban J connectivity index is 3.08. The quantitative estimate of drug-likeness (QED) is 0.0819. The van der Waals surface area contributed by atoms with E-state index in [-0.39, 0.29) is 0 Å². The van der Waals surface area contributed by atoms with Crippen LogP contribution in [0.4, 0.5) is 70.2 Å². The van der Waals surface area contributed by atoms with Crippen LogP contribution in [-0.2, 0) is 29.0 Å². The molecule has 0 aromatic heterocycles. The predicted molar refractivity (Wildman–Crippen MR) is 86.7 cm³/mol. The summed E-state index contributed by atoms with van der Waals surface area (Å²) in [5.74, 6) is -18.3. The first-order chi connectivity index (χ1) is 17.4. The van der Waals surface area contributed by atoms with Gasteiger partial charge in [0.05, 0.1) is 0 Å². The van der Waals surface area contributed by atoms with Crippen LogP contribution < -0.4 is 5.26 Å². The van der Waals surface area contributed by atoms with Gasteiger partial charge in [-0.2, -0.15) is 74.6 Å². The molecule has 1 rings (SSSR count). The number of hydrogen-bond donors (Lipinski definition) is 0. The van der Waals surface area contributed by atoms with Crippen molar-refractivity contribution in [1.29, 1.82) is 0 Å². The van der Waals surface area contributed by atoms with Crippen molar-refractivity contribution < 1.29 is 107 Å². The summed E-state index contributed by atoms with van der Waals surface area (Å²) >= 11 is -1.95. The third-order valence-electron chi connectivity index (χ3n) is 5.20. The van der Waals surface area contributed by atoms with Gasteiger partial charge in [-0.05, 0) is 25.7 Å². The van der Waals surface area contributed by atoms with Gasteiger partial charge in [-0.15, -0.1) is 0 Å². The monoisotopic (exact) mass is 674 g/mol. The van der Waals surface area contributed by atoms with Crippen LogP contribution in [0, 0.1) is 11.8 Å². The number of rotatable bonds is 14. The van der Waals surface area contributed by atoms with Crippen molar-refractivity contribution >= 4 is 22.2 Å². The van der Waals surface area contributed by atoms with Crippen LogP contribution in [0.25, 0.3) is 0 Å². The Morgan fingerprint density at radius 1 is 0.600 bits per heavy atom. The molecule has 240 valence electrons. The summed E-state index contributed by atoms with van der Waals surface area (Å²) in [6, 6.07) is 0. The van der Waals surface area contributed by atoms with Crippen LogP contribution in [0.1, 0.15) is 25.7 Å². The molecule has 0 spiro atoms. The highest BCUT2D eigenvalue weighted by Gasteiger charge is 2.75. The summed E-state index contributed by atoms with van der Waals surface area (Å²) < 4.78 is 255. The van der Waals surface area contributed by atoms with E-state index < -0.39 is 106 Å². The third kappa shape index (κ3) is 6.94. The van der Waals surface area contributed by atoms with Gasteiger partial charge < -0.3 is 9.81 Å². The minimum Gasteiger partial charge on any atom is -0.743 e. The number of halogens is 16. The molecule has 0 aromatic rings. The van der Waals surface area contributed by atoms with Gasteiger partial charge in [0.25, 0.3) is 0 Å². The second kappa shape index (κ2) is 11.2. The van der Waals surface area contributed by atoms with E-state index in [4.69, 9.17) is 0 Å². The normalized spacial score (nSPS) is 21.6. The Morgan fingerprint density at radius 3 is 1.23 bits per heavy atom. The molecule has 40 heavy (non-hydrogen) atoms. The lowest BCUT2D eigenvalue weighted by Crippen LogP contribution is -2.58. The van der Waals surface area contributed by atoms with E-state index in [0.29, 0.717) is 0 Å². The van der Waals surface area contributed by atoms with Crippen molar-refractivity contribution in [2.45, 2.75) is 72.5 Å². The van der Waals surface area contributed by atoms with Gasteiger partial charge in [0.2, 0.25) is 0 Å². The largest absolute Gasteiger partial charge is 0.743 e. The van der Waals surface area contributed by atoms with Crippen LogP contribution in [0.15, 0.2) is 0 Å². The molecule has 1 saturated carbocycles. The highest BCUT2D eigenvalue weighted by molar-refractivity contribution is 7.95. The molecule has 1 fully saturated rings. The Morgan fingerprint density at radius 2 is 0.925 bits per heavy atom. The van der Waals surface area contributed by atoms with Crippen LogP contribution in [0.3, 0.4) is 0 Å². The SMILES string of the molecule is O=S(=O)([O-])C(F)(F)C(F)(F)OC(F)(F)C(F)(F)C1CCC(C(F)(F)C(F)(F)OC(F)(F)C(F)(F)SOO[O-])CC1. The van der Waals surface area contributed by atoms with Gasteiger partial charge in [0, 0.05) is 11.8 Å². The molecule has 8 nitrogen and oxygen atoms in total. The molecule has 1 aliphatic rings. The molecular weight excluding hydrogens is 664 g/mol. The minimum absolute atomic E-state index is 1.78. The molecule has 0 saturated heterocycles. The zero-order valence-electron chi connectivity index (χ0n) is 18.1. The standard InChI is InChI=1S/C14H12F16O8S2/c15-7(16,9(19,20)35-11(23,24)13(27,28)39-38-37-31)5-1-3-6(4-2-5)8(17,18)10(21,22)36-12(25,26)14(29,30)40(32,33)34/h5-6,31H,1-4H2,(H,32,33,34)/p-2. The van der Waals surface area contributed by atoms with Crippen molar-refractivity contribution in [2.24, 2.45) is 11.8 Å². The van der Waals surface area contributed by atoms with Gasteiger partial charge in [-0.3, -0.25) is 5.04 Å². The Labute approximate surface area is 214 Å². The number of ether oxygens (including phenoxy) is 2. The zero-order chi connectivity index (χ0) is 32.0. The second-order valence-corrected chi connectivity index (χ2v) is 10.0. The van der Waals surface area contributed by atoms with Crippen molar-refractivity contribution in [2.75, 3.05) is 0 Å². The van der Waals surface area contributed by atoms with E-state index in [1.165, 1.54) is 0 Å². The molecule has 0 radical (unpaired) electrons. The second-order valence-electron chi connectivity index (χ2n) is 7.77. The highest BCUT2D eigenvalue weighted by Crippen LogP contribution is 2.56. The average molecular weight is 674 g/mol. The molecule has 0 unspecified atom stereocenters. The fourth-order valence-corrected chi connectivity index (χ4v) is 3.71. The molecule has 0 aliphatic heterocycles. The number of hydrogen-bond acceptors (Lipinski definition) is 9. The first-order valence-electron chi connectivity index (χ1n) is 9.46. The Kier molecular flexibility index (Phi) is 10.4. The molecule has 0 heterocycles. The van der Waals surface area contributed by atoms with E-state index in [9.17, 15) is 88.5 Å². The molecule has 1 aliphatic carbocycles. The van der Waals surface area contributed by atoms with Crippen molar-refractivity contribution in [3.05, 3.63) is 0 Å². The fraction of sp³-hybridized carbons (Fsp3) is 1.00. The lowest BCUT2D eigenvalue weighted by molar-refractivity contribution is -0.777. The minimum atomic E-state index is -7.50. The third-order valence-corrected chi connectivity index (χ3v) is 6.64. The van der Waals surface area contributed by atoms with Crippen LogP contribution in [0.2, 0.25) is 0 Å². The van der Waals surface area contributed by atoms with Crippen molar-refractivity contribution in [3.63, 3.8) is 0 Å². The molecule has 0 atom stereocenters. The summed E-state index contributed by atoms with van der Waals surface area (Å²) in [5, 5.41) is -1.35. The van der Waals surface area contributed by atoms with Crippen molar-refractivity contribution in [1.82, 2.24) is 0 Å². The Bertz CT molecular complexity index is 984. The van der Waals surface area contributed by atoms with Gasteiger partial charge in [0.1, 0.15) is 12.0 Å². The molecule has 0 N–H and O–H groups in total. The summed E-state index contributed by atoms with van der Waals surface area (Å²) in [4.78, 5) is 0. The summed E-state index contributed by atoms with van der Waals surface area (Å²) in [7, 11) is -7.50. The maximum Gasteiger partial charge on any atom is 0.438 e. The first-order valence-corrected chi connectivity index (χ1v) is 11.6. The molecule has 26 heteroatoms. The van der Waals surface area contributed by atoms with E-state index in [2.05, 4.69) is 14.1 Å². The average Bonchev–Trinajstić information content (AvgIpc) is 2.75. The molecule has 0 amide bonds. The summed E-state index contributed by atoms with van der Waals surface area (Å²) in [6.45, 7) is 0. The smallest absolute Gasteiger partial charge is 0.438 e. The van der Waals surface area contributed by atoms with Gasteiger partial charge in [-0.25, -0.2) is 17.9 Å². The summed E-state index contributed by atoms with van der Waals surface area (Å²) in [5.41, 5.74) is 0. The molecular formula is C14H10F16O8S2-2. The van der Waals surface area contributed by atoms with Crippen LogP contribution in [0.5, 0.6) is 0 Å². The van der Waals surface area contributed by atoms with E-state index >= 15 is 0 Å². The predicted octanol–water partition coefficient (Wildman–Crippen LogP) is 5.07. The van der Waals surface area contributed by atoms with Gasteiger partial charge in [-0.1, -0.05) is 0 Å². The summed E-state index contributed by atoms with van der Waals surface area (Å²) in [6.07, 6.45) is -34.1. The highest BCUT2D eigenvalue weighted by atomic mass is 32.2. The van der Waals surface area contributed by atoms with E-state index in [1.54, 1.807) is 0 Å². The topological polar surface area (TPSA) is 117 Å². The van der Waals surface area contributed by atoms with Gasteiger partial charge in [0.15, 0.2) is 10.1 Å². The van der Waals surface area contributed by atoms with Crippen LogP contribution in [-0.4, -0.2) is 59.8 Å². The molecule has 0 aromatic carbocycles. The van der Waals surface area contributed by atoms with Crippen molar-refractivity contribution in [3.8, 4) is 0 Å².